The molecule has 2 N–H and O–H groups in total. The van der Waals surface area contributed by atoms with E-state index in [9.17, 15) is 4.79 Å². The van der Waals surface area contributed by atoms with Crippen molar-refractivity contribution in [3.63, 3.8) is 0 Å². The molecule has 1 fully saturated rings. The van der Waals surface area contributed by atoms with Crippen molar-refractivity contribution in [2.24, 2.45) is 0 Å². The molecule has 0 atom stereocenters. The van der Waals surface area contributed by atoms with Crippen LogP contribution in [0.4, 0.5) is 4.79 Å². The zero-order valence-corrected chi connectivity index (χ0v) is 16.4. The number of likely N-dealkylation sites (tertiary alicyclic amines) is 1. The van der Waals surface area contributed by atoms with E-state index in [-0.39, 0.29) is 6.03 Å². The van der Waals surface area contributed by atoms with Crippen LogP contribution in [0.15, 0.2) is 61.1 Å². The Morgan fingerprint density at radius 1 is 0.966 bits per heavy atom. The molecule has 0 saturated carbocycles. The van der Waals surface area contributed by atoms with Crippen LogP contribution in [0.3, 0.4) is 0 Å². The number of hydrogen-bond acceptors (Lipinski definition) is 4. The minimum Gasteiger partial charge on any atom is -0.334 e. The Balaban J connectivity index is 1.29. The topological polar surface area (TPSA) is 75.1 Å². The fraction of sp³-hybridized carbons (Fsp3) is 0.318. The molecule has 0 bridgehead atoms. The highest BCUT2D eigenvalue weighted by Gasteiger charge is 2.12. The molecule has 2 amide bonds. The van der Waals surface area contributed by atoms with Crippen LogP contribution < -0.4 is 10.6 Å². The fourth-order valence-corrected chi connectivity index (χ4v) is 3.63. The van der Waals surface area contributed by atoms with Gasteiger partial charge in [-0.1, -0.05) is 30.3 Å². The van der Waals surface area contributed by atoms with Crippen molar-refractivity contribution in [2.75, 3.05) is 13.1 Å². The Morgan fingerprint density at radius 3 is 2.62 bits per heavy atom. The SMILES string of the molecule is O=C(NCc1cccc(CN2CCCC2)c1)NCc1cccnc1-n1cccn1. The predicted molar refractivity (Wildman–Crippen MR) is 111 cm³/mol. The fourth-order valence-electron chi connectivity index (χ4n) is 3.63. The third-order valence-electron chi connectivity index (χ3n) is 5.08. The number of nitrogens with one attached hydrogen (secondary N) is 2. The molecule has 3 aromatic rings. The van der Waals surface area contributed by atoms with E-state index in [4.69, 9.17) is 0 Å². The third-order valence-corrected chi connectivity index (χ3v) is 5.08. The lowest BCUT2D eigenvalue weighted by Gasteiger charge is -2.15. The summed E-state index contributed by atoms with van der Waals surface area (Å²) in [5.74, 6) is 0.715. The second-order valence-corrected chi connectivity index (χ2v) is 7.28. The zero-order chi connectivity index (χ0) is 19.9. The molecule has 2 aromatic heterocycles. The number of amides is 2. The van der Waals surface area contributed by atoms with Crippen LogP contribution in [0.2, 0.25) is 0 Å². The lowest BCUT2D eigenvalue weighted by atomic mass is 10.1. The smallest absolute Gasteiger partial charge is 0.315 e. The van der Waals surface area contributed by atoms with Gasteiger partial charge in [0.1, 0.15) is 0 Å². The summed E-state index contributed by atoms with van der Waals surface area (Å²) in [6.07, 6.45) is 7.84. The molecule has 1 saturated heterocycles. The molecule has 0 spiro atoms. The second-order valence-electron chi connectivity index (χ2n) is 7.28. The van der Waals surface area contributed by atoms with E-state index >= 15 is 0 Å². The Kier molecular flexibility index (Phi) is 6.16. The minimum atomic E-state index is -0.204. The van der Waals surface area contributed by atoms with Crippen LogP contribution >= 0.6 is 0 Å². The van der Waals surface area contributed by atoms with E-state index in [1.807, 2.05) is 30.5 Å². The maximum absolute atomic E-state index is 12.3. The van der Waals surface area contributed by atoms with E-state index in [0.29, 0.717) is 18.9 Å². The Hall–Kier alpha value is -3.19. The maximum Gasteiger partial charge on any atom is 0.315 e. The molecule has 4 rings (SSSR count). The minimum absolute atomic E-state index is 0.204. The van der Waals surface area contributed by atoms with Gasteiger partial charge in [0.2, 0.25) is 0 Å². The standard InChI is InChI=1S/C22H26N6O/c29-22(25-16-20-8-4-9-23-21(20)28-13-5-10-26-28)24-15-18-6-3-7-19(14-18)17-27-11-1-2-12-27/h3-10,13-14H,1-2,11-12,15-17H2,(H2,24,25,29). The number of carbonyl (C=O) groups excluding carboxylic acids is 1. The lowest BCUT2D eigenvalue weighted by Crippen LogP contribution is -2.34. The lowest BCUT2D eigenvalue weighted by molar-refractivity contribution is 0.240. The average Bonchev–Trinajstić information content (AvgIpc) is 3.46. The van der Waals surface area contributed by atoms with Gasteiger partial charge in [-0.25, -0.2) is 14.5 Å². The van der Waals surface area contributed by atoms with Crippen molar-refractivity contribution in [3.05, 3.63) is 77.7 Å². The summed E-state index contributed by atoms with van der Waals surface area (Å²) < 4.78 is 1.70. The maximum atomic E-state index is 12.3. The summed E-state index contributed by atoms with van der Waals surface area (Å²) in [5.41, 5.74) is 3.31. The van der Waals surface area contributed by atoms with E-state index < -0.39 is 0 Å². The molecule has 29 heavy (non-hydrogen) atoms. The van der Waals surface area contributed by atoms with Gasteiger partial charge in [-0.3, -0.25) is 4.90 Å². The van der Waals surface area contributed by atoms with Gasteiger partial charge in [0.05, 0.1) is 0 Å². The van der Waals surface area contributed by atoms with E-state index in [0.717, 1.165) is 17.7 Å². The predicted octanol–water partition coefficient (Wildman–Crippen LogP) is 2.86. The Bertz CT molecular complexity index is 934. The van der Waals surface area contributed by atoms with Crippen molar-refractivity contribution in [1.29, 1.82) is 0 Å². The molecule has 1 aliphatic heterocycles. The quantitative estimate of drug-likeness (QED) is 0.651. The van der Waals surface area contributed by atoms with Gasteiger partial charge in [-0.15, -0.1) is 0 Å². The molecule has 1 aliphatic rings. The number of aromatic nitrogens is 3. The summed E-state index contributed by atoms with van der Waals surface area (Å²) in [4.78, 5) is 19.1. The first-order chi connectivity index (χ1) is 14.3. The van der Waals surface area contributed by atoms with Gasteiger partial charge in [0.25, 0.3) is 0 Å². The van der Waals surface area contributed by atoms with Crippen molar-refractivity contribution < 1.29 is 4.79 Å². The molecule has 1 aromatic carbocycles. The van der Waals surface area contributed by atoms with Gasteiger partial charge in [0.15, 0.2) is 5.82 Å². The van der Waals surface area contributed by atoms with E-state index in [1.54, 1.807) is 17.1 Å². The molecule has 0 radical (unpaired) electrons. The second kappa shape index (κ2) is 9.34. The first-order valence-corrected chi connectivity index (χ1v) is 10.0. The van der Waals surface area contributed by atoms with E-state index in [1.165, 1.54) is 31.5 Å². The summed E-state index contributed by atoms with van der Waals surface area (Å²) in [7, 11) is 0. The number of nitrogens with zero attached hydrogens (tertiary/aromatic N) is 4. The number of urea groups is 1. The van der Waals surface area contributed by atoms with Crippen molar-refractivity contribution in [2.45, 2.75) is 32.5 Å². The summed E-state index contributed by atoms with van der Waals surface area (Å²) in [5, 5.41) is 10.1. The molecule has 3 heterocycles. The average molecular weight is 390 g/mol. The summed E-state index contributed by atoms with van der Waals surface area (Å²) in [6, 6.07) is 13.9. The highest BCUT2D eigenvalue weighted by atomic mass is 16.2. The first-order valence-electron chi connectivity index (χ1n) is 10.0. The van der Waals surface area contributed by atoms with Gasteiger partial charge >= 0.3 is 6.03 Å². The summed E-state index contributed by atoms with van der Waals surface area (Å²) in [6.45, 7) is 4.22. The molecule has 0 unspecified atom stereocenters. The largest absolute Gasteiger partial charge is 0.334 e. The third kappa shape index (κ3) is 5.20. The van der Waals surface area contributed by atoms with Crippen molar-refractivity contribution >= 4 is 6.03 Å². The number of pyridine rings is 1. The monoisotopic (exact) mass is 390 g/mol. The molecule has 7 nitrogen and oxygen atoms in total. The molecule has 150 valence electrons. The van der Waals surface area contributed by atoms with Crippen LogP contribution in [0.5, 0.6) is 0 Å². The first kappa shape index (κ1) is 19.1. The van der Waals surface area contributed by atoms with Crippen LogP contribution in [0, 0.1) is 0 Å². The molecular weight excluding hydrogens is 364 g/mol. The van der Waals surface area contributed by atoms with Crippen LogP contribution in [0.25, 0.3) is 5.82 Å². The van der Waals surface area contributed by atoms with Gasteiger partial charge in [-0.2, -0.15) is 5.10 Å². The zero-order valence-electron chi connectivity index (χ0n) is 16.4. The summed E-state index contributed by atoms with van der Waals surface area (Å²) >= 11 is 0. The van der Waals surface area contributed by atoms with Crippen LogP contribution in [-0.4, -0.2) is 38.8 Å². The molecule has 0 aliphatic carbocycles. The van der Waals surface area contributed by atoms with Gasteiger partial charge in [0, 0.05) is 43.8 Å². The van der Waals surface area contributed by atoms with Crippen LogP contribution in [0.1, 0.15) is 29.5 Å². The Morgan fingerprint density at radius 2 is 1.79 bits per heavy atom. The van der Waals surface area contributed by atoms with Gasteiger partial charge < -0.3 is 10.6 Å². The normalized spacial score (nSPS) is 14.1. The van der Waals surface area contributed by atoms with Crippen molar-refractivity contribution in [1.82, 2.24) is 30.3 Å². The van der Waals surface area contributed by atoms with E-state index in [2.05, 4.69) is 43.8 Å². The van der Waals surface area contributed by atoms with Crippen molar-refractivity contribution in [3.8, 4) is 5.82 Å². The highest BCUT2D eigenvalue weighted by molar-refractivity contribution is 5.73. The van der Waals surface area contributed by atoms with Crippen LogP contribution in [-0.2, 0) is 19.6 Å². The number of carbonyl (C=O) groups is 1. The molecular formula is C22H26N6O. The number of rotatable bonds is 7. The highest BCUT2D eigenvalue weighted by Crippen LogP contribution is 2.14. The van der Waals surface area contributed by atoms with Gasteiger partial charge in [-0.05, 0) is 49.2 Å². The Labute approximate surface area is 170 Å². The number of benzene rings is 1. The molecule has 7 heteroatoms. The number of hydrogen-bond donors (Lipinski definition) is 2.